The highest BCUT2D eigenvalue weighted by molar-refractivity contribution is 5.68. The Labute approximate surface area is 191 Å². The van der Waals surface area contributed by atoms with Crippen molar-refractivity contribution in [1.29, 1.82) is 5.26 Å². The Balaban J connectivity index is 1.86. The SMILES string of the molecule is CCOC[C@@H](Oc1ccc(OCC(=O)O)c(C)c1)c1cccc(-c2ccc(C#N)cc2F)n1. The van der Waals surface area contributed by atoms with Crippen LogP contribution < -0.4 is 9.47 Å². The zero-order valence-corrected chi connectivity index (χ0v) is 18.2. The van der Waals surface area contributed by atoms with Crippen LogP contribution in [0.3, 0.4) is 0 Å². The molecular formula is C25H23FN2O5. The summed E-state index contributed by atoms with van der Waals surface area (Å²) in [6, 6.07) is 16.4. The van der Waals surface area contributed by atoms with E-state index in [-0.39, 0.29) is 17.7 Å². The molecule has 7 nitrogen and oxygen atoms in total. The van der Waals surface area contributed by atoms with Crippen LogP contribution >= 0.6 is 0 Å². The summed E-state index contributed by atoms with van der Waals surface area (Å²) in [7, 11) is 0. The lowest BCUT2D eigenvalue weighted by Crippen LogP contribution is -2.16. The van der Waals surface area contributed by atoms with Gasteiger partial charge in [-0.2, -0.15) is 5.26 Å². The molecule has 0 aliphatic heterocycles. The van der Waals surface area contributed by atoms with Gasteiger partial charge in [0.2, 0.25) is 0 Å². The minimum atomic E-state index is -1.06. The second kappa shape index (κ2) is 11.1. The number of pyridine rings is 1. The molecule has 0 unspecified atom stereocenters. The molecule has 0 spiro atoms. The monoisotopic (exact) mass is 450 g/mol. The molecule has 0 aliphatic rings. The smallest absolute Gasteiger partial charge is 0.341 e. The molecule has 1 atom stereocenters. The largest absolute Gasteiger partial charge is 0.482 e. The molecule has 0 bridgehead atoms. The number of halogens is 1. The zero-order chi connectivity index (χ0) is 23.8. The molecule has 1 heterocycles. The van der Waals surface area contributed by atoms with Crippen molar-refractivity contribution in [2.75, 3.05) is 19.8 Å². The van der Waals surface area contributed by atoms with E-state index in [1.807, 2.05) is 13.0 Å². The van der Waals surface area contributed by atoms with Gasteiger partial charge in [-0.25, -0.2) is 14.2 Å². The quantitative estimate of drug-likeness (QED) is 0.478. The molecule has 0 saturated carbocycles. The average Bonchev–Trinajstić information content (AvgIpc) is 2.81. The van der Waals surface area contributed by atoms with Crippen molar-refractivity contribution in [3.63, 3.8) is 0 Å². The molecule has 1 aromatic heterocycles. The average molecular weight is 450 g/mol. The van der Waals surface area contributed by atoms with Gasteiger partial charge in [-0.15, -0.1) is 0 Å². The van der Waals surface area contributed by atoms with Gasteiger partial charge in [0.25, 0.3) is 0 Å². The first-order valence-electron chi connectivity index (χ1n) is 10.3. The zero-order valence-electron chi connectivity index (χ0n) is 18.2. The number of nitrogens with zero attached hydrogens (tertiary/aromatic N) is 2. The molecule has 0 aliphatic carbocycles. The van der Waals surface area contributed by atoms with Gasteiger partial charge in [0.05, 0.1) is 29.6 Å². The number of hydrogen-bond donors (Lipinski definition) is 1. The lowest BCUT2D eigenvalue weighted by Gasteiger charge is -2.20. The fourth-order valence-corrected chi connectivity index (χ4v) is 3.14. The third-order valence-corrected chi connectivity index (χ3v) is 4.72. The van der Waals surface area contributed by atoms with Crippen molar-refractivity contribution in [1.82, 2.24) is 4.98 Å². The van der Waals surface area contributed by atoms with Gasteiger partial charge < -0.3 is 19.3 Å². The number of aromatic nitrogens is 1. The molecule has 33 heavy (non-hydrogen) atoms. The molecule has 2 aromatic carbocycles. The van der Waals surface area contributed by atoms with Crippen LogP contribution in [-0.2, 0) is 9.53 Å². The summed E-state index contributed by atoms with van der Waals surface area (Å²) in [4.78, 5) is 15.3. The Bertz CT molecular complexity index is 1180. The van der Waals surface area contributed by atoms with Crippen LogP contribution in [0, 0.1) is 24.1 Å². The molecule has 8 heteroatoms. The normalized spacial score (nSPS) is 11.5. The lowest BCUT2D eigenvalue weighted by molar-refractivity contribution is -0.139. The molecule has 3 rings (SSSR count). The van der Waals surface area contributed by atoms with Crippen molar-refractivity contribution < 1.29 is 28.5 Å². The van der Waals surface area contributed by atoms with E-state index in [0.29, 0.717) is 35.1 Å². The first kappa shape index (κ1) is 23.7. The van der Waals surface area contributed by atoms with Gasteiger partial charge in [0.1, 0.15) is 17.3 Å². The number of aryl methyl sites for hydroxylation is 1. The second-order valence-corrected chi connectivity index (χ2v) is 7.13. The van der Waals surface area contributed by atoms with E-state index in [9.17, 15) is 9.18 Å². The predicted octanol–water partition coefficient (Wildman–Crippen LogP) is 4.69. The summed E-state index contributed by atoms with van der Waals surface area (Å²) in [6.07, 6.45) is -0.573. The van der Waals surface area contributed by atoms with Crippen LogP contribution in [0.4, 0.5) is 4.39 Å². The van der Waals surface area contributed by atoms with Gasteiger partial charge in [-0.3, -0.25) is 0 Å². The highest BCUT2D eigenvalue weighted by Gasteiger charge is 2.18. The summed E-state index contributed by atoms with van der Waals surface area (Å²) >= 11 is 0. The van der Waals surface area contributed by atoms with Crippen LogP contribution in [-0.4, -0.2) is 35.9 Å². The fourth-order valence-electron chi connectivity index (χ4n) is 3.14. The Hall–Kier alpha value is -3.96. The standard InChI is InChI=1S/C25H23FN2O5/c1-3-31-14-24(33-18-8-10-23(16(2)11-18)32-15-25(29)30)22-6-4-5-21(28-22)19-9-7-17(13-27)12-20(19)26/h4-12,24H,3,14-15H2,1-2H3,(H,29,30)/t24-/m1/s1. The highest BCUT2D eigenvalue weighted by Crippen LogP contribution is 2.29. The first-order chi connectivity index (χ1) is 15.9. The van der Waals surface area contributed by atoms with E-state index >= 15 is 0 Å². The summed E-state index contributed by atoms with van der Waals surface area (Å²) in [5.74, 6) is -0.621. The topological polar surface area (TPSA) is 102 Å². The molecule has 0 fully saturated rings. The number of benzene rings is 2. The molecule has 0 saturated heterocycles. The Morgan fingerprint density at radius 3 is 2.70 bits per heavy atom. The van der Waals surface area contributed by atoms with Gasteiger partial charge >= 0.3 is 5.97 Å². The predicted molar refractivity (Wildman–Crippen MR) is 119 cm³/mol. The molecule has 1 N–H and O–H groups in total. The number of rotatable bonds is 10. The summed E-state index contributed by atoms with van der Waals surface area (Å²) in [5, 5.41) is 17.7. The van der Waals surface area contributed by atoms with Crippen LogP contribution in [0.2, 0.25) is 0 Å². The third-order valence-electron chi connectivity index (χ3n) is 4.72. The maximum absolute atomic E-state index is 14.5. The fraction of sp³-hybridized carbons (Fsp3) is 0.240. The molecule has 0 amide bonds. The van der Waals surface area contributed by atoms with Crippen molar-refractivity contribution in [3.05, 3.63) is 77.2 Å². The van der Waals surface area contributed by atoms with E-state index in [0.717, 1.165) is 0 Å². The first-order valence-corrected chi connectivity index (χ1v) is 10.3. The maximum atomic E-state index is 14.5. The molecule has 3 aromatic rings. The number of hydrogen-bond acceptors (Lipinski definition) is 6. The number of carboxylic acids is 1. The lowest BCUT2D eigenvalue weighted by atomic mass is 10.1. The van der Waals surface area contributed by atoms with Gasteiger partial charge in [0, 0.05) is 12.2 Å². The van der Waals surface area contributed by atoms with E-state index in [4.69, 9.17) is 24.6 Å². The van der Waals surface area contributed by atoms with Crippen LogP contribution in [0.1, 0.15) is 29.8 Å². The van der Waals surface area contributed by atoms with Crippen LogP contribution in [0.5, 0.6) is 11.5 Å². The van der Waals surface area contributed by atoms with Crippen molar-refractivity contribution in [2.24, 2.45) is 0 Å². The van der Waals surface area contributed by atoms with Gasteiger partial charge in [-0.1, -0.05) is 6.07 Å². The minimum Gasteiger partial charge on any atom is -0.482 e. The van der Waals surface area contributed by atoms with Crippen LogP contribution in [0.15, 0.2) is 54.6 Å². The third kappa shape index (κ3) is 6.28. The van der Waals surface area contributed by atoms with E-state index in [1.54, 1.807) is 43.3 Å². The van der Waals surface area contributed by atoms with E-state index < -0.39 is 24.5 Å². The van der Waals surface area contributed by atoms with E-state index in [1.165, 1.54) is 18.2 Å². The Kier molecular flexibility index (Phi) is 7.95. The van der Waals surface area contributed by atoms with Crippen LogP contribution in [0.25, 0.3) is 11.3 Å². The second-order valence-electron chi connectivity index (χ2n) is 7.13. The summed E-state index contributed by atoms with van der Waals surface area (Å²) < 4.78 is 31.5. The van der Waals surface area contributed by atoms with Crippen molar-refractivity contribution in [3.8, 4) is 28.8 Å². The number of nitriles is 1. The highest BCUT2D eigenvalue weighted by atomic mass is 19.1. The Morgan fingerprint density at radius 2 is 2.03 bits per heavy atom. The summed E-state index contributed by atoms with van der Waals surface area (Å²) in [6.45, 7) is 3.92. The maximum Gasteiger partial charge on any atom is 0.341 e. The summed E-state index contributed by atoms with van der Waals surface area (Å²) in [5.41, 5.74) is 2.19. The minimum absolute atomic E-state index is 0.221. The van der Waals surface area contributed by atoms with Gasteiger partial charge in [-0.05, 0) is 67.9 Å². The van der Waals surface area contributed by atoms with Crippen molar-refractivity contribution in [2.45, 2.75) is 20.0 Å². The Morgan fingerprint density at radius 1 is 1.21 bits per heavy atom. The van der Waals surface area contributed by atoms with Crippen molar-refractivity contribution >= 4 is 5.97 Å². The number of carbonyl (C=O) groups is 1. The molecular weight excluding hydrogens is 427 g/mol. The number of ether oxygens (including phenoxy) is 3. The van der Waals surface area contributed by atoms with E-state index in [2.05, 4.69) is 4.98 Å². The number of carboxylic acid groups (broad SMARTS) is 1. The van der Waals surface area contributed by atoms with Gasteiger partial charge in [0.15, 0.2) is 12.7 Å². The molecule has 170 valence electrons. The molecule has 0 radical (unpaired) electrons. The number of aliphatic carboxylic acids is 1.